The maximum atomic E-state index is 12.2. The Morgan fingerprint density at radius 2 is 2.10 bits per heavy atom. The molecular weight excluding hydrogens is 358 g/mol. The fourth-order valence-corrected chi connectivity index (χ4v) is 3.12. The number of hydrogen-bond donors (Lipinski definition) is 2. The second-order valence-electron chi connectivity index (χ2n) is 4.43. The Morgan fingerprint density at radius 1 is 1.33 bits per heavy atom. The summed E-state index contributed by atoms with van der Waals surface area (Å²) in [7, 11) is -3.60. The van der Waals surface area contributed by atoms with Crippen molar-refractivity contribution in [1.82, 2.24) is 14.5 Å². The lowest BCUT2D eigenvalue weighted by Gasteiger charge is -2.06. The summed E-state index contributed by atoms with van der Waals surface area (Å²) < 4.78 is 29.2. The number of nitrogens with one attached hydrogen (secondary N) is 1. The Morgan fingerprint density at radius 3 is 2.81 bits per heavy atom. The Hall–Kier alpha value is -1.22. The van der Waals surface area contributed by atoms with Crippen LogP contribution in [0.1, 0.15) is 12.0 Å². The number of sulfonamides is 1. The van der Waals surface area contributed by atoms with Gasteiger partial charge in [0.2, 0.25) is 10.0 Å². The molecule has 0 unspecified atom stereocenters. The van der Waals surface area contributed by atoms with Gasteiger partial charge in [0.25, 0.3) is 0 Å². The summed E-state index contributed by atoms with van der Waals surface area (Å²) in [6.07, 6.45) is 3.29. The zero-order valence-corrected chi connectivity index (χ0v) is 13.6. The highest BCUT2D eigenvalue weighted by Gasteiger charge is 2.16. The molecule has 2 N–H and O–H groups in total. The number of hydrogen-bond acceptors (Lipinski definition) is 4. The number of aliphatic hydroxyl groups is 1. The molecule has 1 aromatic carbocycles. The molecule has 1 heterocycles. The van der Waals surface area contributed by atoms with Crippen molar-refractivity contribution >= 4 is 26.0 Å². The molecule has 2 aromatic rings. The SMILES string of the molecule is O=S(=O)(NCc1ccccc1Br)c1cnn(CCCO)c1. The van der Waals surface area contributed by atoms with Gasteiger partial charge in [0.15, 0.2) is 0 Å². The van der Waals surface area contributed by atoms with Crippen LogP contribution >= 0.6 is 15.9 Å². The van der Waals surface area contributed by atoms with Crippen LogP contribution in [0.15, 0.2) is 46.0 Å². The summed E-state index contributed by atoms with van der Waals surface area (Å²) in [6, 6.07) is 7.42. The Bertz CT molecular complexity index is 700. The van der Waals surface area contributed by atoms with E-state index in [1.165, 1.54) is 17.1 Å². The fraction of sp³-hybridized carbons (Fsp3) is 0.308. The maximum Gasteiger partial charge on any atom is 0.243 e. The lowest BCUT2D eigenvalue weighted by Crippen LogP contribution is -2.23. The minimum atomic E-state index is -3.60. The molecule has 0 bridgehead atoms. The van der Waals surface area contributed by atoms with E-state index in [0.717, 1.165) is 10.0 Å². The molecule has 0 fully saturated rings. The first kappa shape index (κ1) is 16.2. The molecule has 0 spiro atoms. The smallest absolute Gasteiger partial charge is 0.243 e. The summed E-state index contributed by atoms with van der Waals surface area (Å²) >= 11 is 3.38. The number of nitrogens with zero attached hydrogens (tertiary/aromatic N) is 2. The van der Waals surface area contributed by atoms with E-state index in [9.17, 15) is 8.42 Å². The molecule has 0 radical (unpaired) electrons. The van der Waals surface area contributed by atoms with E-state index >= 15 is 0 Å². The largest absolute Gasteiger partial charge is 0.396 e. The average molecular weight is 374 g/mol. The number of benzene rings is 1. The van der Waals surface area contributed by atoms with Gasteiger partial charge in [-0.05, 0) is 18.1 Å². The fourth-order valence-electron chi connectivity index (χ4n) is 1.74. The Labute approximate surface area is 132 Å². The molecule has 0 atom stereocenters. The van der Waals surface area contributed by atoms with Gasteiger partial charge in [-0.2, -0.15) is 5.10 Å². The topological polar surface area (TPSA) is 84.2 Å². The van der Waals surface area contributed by atoms with Crippen LogP contribution in [0.3, 0.4) is 0 Å². The molecule has 0 aliphatic heterocycles. The number of aromatic nitrogens is 2. The van der Waals surface area contributed by atoms with Crippen LogP contribution in [-0.2, 0) is 23.1 Å². The summed E-state index contributed by atoms with van der Waals surface area (Å²) in [5, 5.41) is 12.7. The summed E-state index contributed by atoms with van der Waals surface area (Å²) in [4.78, 5) is 0.118. The van der Waals surface area contributed by atoms with E-state index in [-0.39, 0.29) is 18.0 Å². The van der Waals surface area contributed by atoms with E-state index in [1.807, 2.05) is 24.3 Å². The first-order valence-electron chi connectivity index (χ1n) is 6.39. The van der Waals surface area contributed by atoms with Crippen molar-refractivity contribution in [3.63, 3.8) is 0 Å². The van der Waals surface area contributed by atoms with Gasteiger partial charge in [0, 0.05) is 30.4 Å². The van der Waals surface area contributed by atoms with Gasteiger partial charge in [0.05, 0.1) is 6.20 Å². The number of aliphatic hydroxyl groups excluding tert-OH is 1. The first-order chi connectivity index (χ1) is 10.0. The van der Waals surface area contributed by atoms with Gasteiger partial charge < -0.3 is 5.11 Å². The van der Waals surface area contributed by atoms with Crippen LogP contribution in [-0.4, -0.2) is 29.9 Å². The molecule has 6 nitrogen and oxygen atoms in total. The first-order valence-corrected chi connectivity index (χ1v) is 8.67. The molecule has 8 heteroatoms. The molecule has 2 rings (SSSR count). The Balaban J connectivity index is 2.05. The summed E-state index contributed by atoms with van der Waals surface area (Å²) in [5.74, 6) is 0. The van der Waals surface area contributed by atoms with Crippen molar-refractivity contribution in [2.45, 2.75) is 24.4 Å². The van der Waals surface area contributed by atoms with Crippen LogP contribution in [0.4, 0.5) is 0 Å². The molecule has 114 valence electrons. The Kier molecular flexibility index (Phi) is 5.51. The van der Waals surface area contributed by atoms with Crippen LogP contribution < -0.4 is 4.72 Å². The third-order valence-electron chi connectivity index (χ3n) is 2.88. The van der Waals surface area contributed by atoms with Gasteiger partial charge in [-0.15, -0.1) is 0 Å². The second-order valence-corrected chi connectivity index (χ2v) is 7.05. The molecule has 0 saturated carbocycles. The summed E-state index contributed by atoms with van der Waals surface area (Å²) in [5.41, 5.74) is 0.855. The van der Waals surface area contributed by atoms with Gasteiger partial charge >= 0.3 is 0 Å². The van der Waals surface area contributed by atoms with Crippen molar-refractivity contribution in [3.8, 4) is 0 Å². The number of aryl methyl sites for hydroxylation is 1. The number of rotatable bonds is 7. The zero-order chi connectivity index (χ0) is 15.3. The monoisotopic (exact) mass is 373 g/mol. The average Bonchev–Trinajstić information content (AvgIpc) is 2.94. The summed E-state index contributed by atoms with van der Waals surface area (Å²) in [6.45, 7) is 0.726. The quantitative estimate of drug-likeness (QED) is 0.770. The van der Waals surface area contributed by atoms with E-state index < -0.39 is 10.0 Å². The molecule has 0 aliphatic carbocycles. The van der Waals surface area contributed by atoms with E-state index in [2.05, 4.69) is 25.8 Å². The molecule has 0 aliphatic rings. The maximum absolute atomic E-state index is 12.2. The number of halogens is 1. The van der Waals surface area contributed by atoms with Crippen molar-refractivity contribution in [2.75, 3.05) is 6.61 Å². The molecular formula is C13H16BrN3O3S. The minimum absolute atomic E-state index is 0.0439. The third-order valence-corrected chi connectivity index (χ3v) is 5.01. The van der Waals surface area contributed by atoms with Gasteiger partial charge in [-0.3, -0.25) is 4.68 Å². The minimum Gasteiger partial charge on any atom is -0.396 e. The van der Waals surface area contributed by atoms with Crippen molar-refractivity contribution in [1.29, 1.82) is 0 Å². The highest BCUT2D eigenvalue weighted by molar-refractivity contribution is 9.10. The van der Waals surface area contributed by atoms with Crippen molar-refractivity contribution in [3.05, 3.63) is 46.7 Å². The van der Waals surface area contributed by atoms with Gasteiger partial charge in [0.1, 0.15) is 4.90 Å². The third kappa shape index (κ3) is 4.37. The standard InChI is InChI=1S/C13H16BrN3O3S/c14-13-5-2-1-4-11(13)8-16-21(19,20)12-9-15-17(10-12)6-3-7-18/h1-2,4-5,9-10,16,18H,3,6-8H2. The molecule has 0 amide bonds. The highest BCUT2D eigenvalue weighted by Crippen LogP contribution is 2.16. The van der Waals surface area contributed by atoms with Gasteiger partial charge in [-0.25, -0.2) is 13.1 Å². The predicted octanol–water partition coefficient (Wildman–Crippen LogP) is 1.51. The second kappa shape index (κ2) is 7.17. The van der Waals surface area contributed by atoms with Crippen molar-refractivity contribution in [2.24, 2.45) is 0 Å². The van der Waals surface area contributed by atoms with Crippen molar-refractivity contribution < 1.29 is 13.5 Å². The molecule has 1 aromatic heterocycles. The van der Waals surface area contributed by atoms with Crippen LogP contribution in [0, 0.1) is 0 Å². The van der Waals surface area contributed by atoms with Crippen LogP contribution in [0.25, 0.3) is 0 Å². The van der Waals surface area contributed by atoms with Gasteiger partial charge in [-0.1, -0.05) is 34.1 Å². The van der Waals surface area contributed by atoms with E-state index in [1.54, 1.807) is 0 Å². The lowest BCUT2D eigenvalue weighted by atomic mass is 10.2. The lowest BCUT2D eigenvalue weighted by molar-refractivity contribution is 0.277. The normalized spacial score (nSPS) is 11.7. The molecule has 21 heavy (non-hydrogen) atoms. The zero-order valence-electron chi connectivity index (χ0n) is 11.2. The van der Waals surface area contributed by atoms with Crippen LogP contribution in [0.2, 0.25) is 0 Å². The van der Waals surface area contributed by atoms with E-state index in [0.29, 0.717) is 13.0 Å². The van der Waals surface area contributed by atoms with Crippen LogP contribution in [0.5, 0.6) is 0 Å². The predicted molar refractivity (Wildman–Crippen MR) is 82.1 cm³/mol. The molecule has 0 saturated heterocycles. The van der Waals surface area contributed by atoms with E-state index in [4.69, 9.17) is 5.11 Å². The highest BCUT2D eigenvalue weighted by atomic mass is 79.9.